The van der Waals surface area contributed by atoms with Gasteiger partial charge >= 0.3 is 6.03 Å². The number of anilines is 3. The third-order valence-electron chi connectivity index (χ3n) is 6.10. The molecule has 1 unspecified atom stereocenters. The monoisotopic (exact) mass is 489 g/mol. The van der Waals surface area contributed by atoms with E-state index in [4.69, 9.17) is 16.3 Å². The highest BCUT2D eigenvalue weighted by Crippen LogP contribution is 2.30. The summed E-state index contributed by atoms with van der Waals surface area (Å²) in [7, 11) is 1.50. The van der Waals surface area contributed by atoms with Crippen molar-refractivity contribution in [2.45, 2.75) is 44.4 Å². The standard InChI is InChI=1S/C23H25ClFN5O4/c1-13-3-8-21(31)30(13)15-5-6-18(17(25)9-15)27-22(32)19-10-16(34-2)12-29(19)23(33)28-20-7-4-14(24)11-26-20/h4-7,9,11,13,16,19H,3,8,10,12H2,1-2H3,(H,27,32)(H,26,28,33)/t13?,16-,19-/m1/s1. The maximum atomic E-state index is 14.8. The zero-order chi connectivity index (χ0) is 24.4. The molecule has 2 aliphatic heterocycles. The lowest BCUT2D eigenvalue weighted by atomic mass is 10.1. The van der Waals surface area contributed by atoms with E-state index in [9.17, 15) is 18.8 Å². The number of amides is 4. The SMILES string of the molecule is CO[C@@H]1C[C@H](C(=O)Nc2ccc(N3C(=O)CCC3C)cc2F)N(C(=O)Nc2ccc(Cl)cn2)C1. The number of rotatable bonds is 5. The summed E-state index contributed by atoms with van der Waals surface area (Å²) in [5, 5.41) is 5.62. The van der Waals surface area contributed by atoms with Gasteiger partial charge in [0, 0.05) is 44.4 Å². The number of carbonyl (C=O) groups excluding carboxylic acids is 3. The molecule has 2 aliphatic rings. The van der Waals surface area contributed by atoms with Gasteiger partial charge in [0.15, 0.2) is 0 Å². The average Bonchev–Trinajstić information content (AvgIpc) is 3.40. The maximum Gasteiger partial charge on any atom is 0.323 e. The van der Waals surface area contributed by atoms with Crippen molar-refractivity contribution in [2.75, 3.05) is 29.2 Å². The summed E-state index contributed by atoms with van der Waals surface area (Å²) in [5.74, 6) is -0.990. The van der Waals surface area contributed by atoms with Crippen molar-refractivity contribution in [1.29, 1.82) is 0 Å². The van der Waals surface area contributed by atoms with Crippen LogP contribution in [-0.2, 0) is 14.3 Å². The number of nitrogens with zero attached hydrogens (tertiary/aromatic N) is 3. The molecule has 2 saturated heterocycles. The Morgan fingerprint density at radius 3 is 2.65 bits per heavy atom. The minimum absolute atomic E-state index is 0.0148. The zero-order valence-electron chi connectivity index (χ0n) is 18.8. The van der Waals surface area contributed by atoms with E-state index in [1.54, 1.807) is 23.1 Å². The maximum absolute atomic E-state index is 14.8. The highest BCUT2D eigenvalue weighted by molar-refractivity contribution is 6.30. The second-order valence-corrected chi connectivity index (χ2v) is 8.79. The predicted molar refractivity (Wildman–Crippen MR) is 125 cm³/mol. The molecular formula is C23H25ClFN5O4. The van der Waals surface area contributed by atoms with E-state index >= 15 is 0 Å². The van der Waals surface area contributed by atoms with Crippen LogP contribution in [0.25, 0.3) is 0 Å². The van der Waals surface area contributed by atoms with Gasteiger partial charge in [-0.3, -0.25) is 14.9 Å². The summed E-state index contributed by atoms with van der Waals surface area (Å²) in [6.07, 6.45) is 2.43. The van der Waals surface area contributed by atoms with Crippen LogP contribution in [0.5, 0.6) is 0 Å². The van der Waals surface area contributed by atoms with Crippen molar-refractivity contribution >= 4 is 46.6 Å². The number of ether oxygens (including phenoxy) is 1. The minimum atomic E-state index is -0.878. The number of likely N-dealkylation sites (tertiary alicyclic amines) is 1. The van der Waals surface area contributed by atoms with Crippen LogP contribution in [0.2, 0.25) is 5.02 Å². The first-order valence-corrected chi connectivity index (χ1v) is 11.3. The molecule has 2 aromatic rings. The number of aromatic nitrogens is 1. The highest BCUT2D eigenvalue weighted by atomic mass is 35.5. The zero-order valence-corrected chi connectivity index (χ0v) is 19.5. The normalized spacial score (nSPS) is 22.2. The van der Waals surface area contributed by atoms with E-state index in [2.05, 4.69) is 15.6 Å². The van der Waals surface area contributed by atoms with Gasteiger partial charge in [-0.15, -0.1) is 0 Å². The largest absolute Gasteiger partial charge is 0.380 e. The first-order chi connectivity index (χ1) is 16.3. The summed E-state index contributed by atoms with van der Waals surface area (Å²) in [6.45, 7) is 2.09. The number of hydrogen-bond donors (Lipinski definition) is 2. The van der Waals surface area contributed by atoms with Gasteiger partial charge in [0.1, 0.15) is 17.7 Å². The lowest BCUT2D eigenvalue weighted by Gasteiger charge is -2.24. The first kappa shape index (κ1) is 23.9. The Labute approximate surface area is 201 Å². The van der Waals surface area contributed by atoms with E-state index in [0.717, 1.165) is 0 Å². The van der Waals surface area contributed by atoms with E-state index in [1.165, 1.54) is 30.3 Å². The summed E-state index contributed by atoms with van der Waals surface area (Å²) in [4.78, 5) is 44.9. The summed E-state index contributed by atoms with van der Waals surface area (Å²) >= 11 is 5.82. The Bertz CT molecular complexity index is 1100. The van der Waals surface area contributed by atoms with Crippen molar-refractivity contribution < 1.29 is 23.5 Å². The molecule has 4 amide bonds. The van der Waals surface area contributed by atoms with Crippen LogP contribution in [0.3, 0.4) is 0 Å². The van der Waals surface area contributed by atoms with Crippen LogP contribution in [0.15, 0.2) is 36.5 Å². The quantitative estimate of drug-likeness (QED) is 0.667. The van der Waals surface area contributed by atoms with Gasteiger partial charge in [-0.2, -0.15) is 0 Å². The van der Waals surface area contributed by atoms with Gasteiger partial charge in [0.2, 0.25) is 11.8 Å². The Morgan fingerprint density at radius 1 is 1.24 bits per heavy atom. The van der Waals surface area contributed by atoms with E-state index in [0.29, 0.717) is 23.6 Å². The van der Waals surface area contributed by atoms with Gasteiger partial charge in [0.05, 0.1) is 16.8 Å². The fourth-order valence-electron chi connectivity index (χ4n) is 4.27. The lowest BCUT2D eigenvalue weighted by molar-refractivity contribution is -0.119. The van der Waals surface area contributed by atoms with Gasteiger partial charge in [0.25, 0.3) is 0 Å². The molecule has 1 aromatic heterocycles. The topological polar surface area (TPSA) is 104 Å². The van der Waals surface area contributed by atoms with Crippen molar-refractivity contribution in [3.8, 4) is 0 Å². The van der Waals surface area contributed by atoms with Crippen molar-refractivity contribution in [2.24, 2.45) is 0 Å². The van der Waals surface area contributed by atoms with Gasteiger partial charge in [-0.25, -0.2) is 14.2 Å². The van der Waals surface area contributed by atoms with Crippen LogP contribution in [-0.4, -0.2) is 59.6 Å². The Hall–Kier alpha value is -3.24. The molecule has 0 bridgehead atoms. The van der Waals surface area contributed by atoms with Crippen LogP contribution in [0.1, 0.15) is 26.2 Å². The summed E-state index contributed by atoms with van der Waals surface area (Å²) in [6, 6.07) is 5.95. The van der Waals surface area contributed by atoms with Gasteiger partial charge in [-0.1, -0.05) is 11.6 Å². The number of hydrogen-bond acceptors (Lipinski definition) is 5. The second kappa shape index (κ2) is 9.94. The van der Waals surface area contributed by atoms with Crippen molar-refractivity contribution in [1.82, 2.24) is 9.88 Å². The number of methoxy groups -OCH3 is 1. The van der Waals surface area contributed by atoms with E-state index in [1.807, 2.05) is 6.92 Å². The number of pyridine rings is 1. The smallest absolute Gasteiger partial charge is 0.323 e. The Balaban J connectivity index is 1.47. The lowest BCUT2D eigenvalue weighted by Crippen LogP contribution is -2.45. The molecule has 1 aromatic carbocycles. The molecule has 3 heterocycles. The van der Waals surface area contributed by atoms with Crippen LogP contribution < -0.4 is 15.5 Å². The molecule has 0 aliphatic carbocycles. The minimum Gasteiger partial charge on any atom is -0.380 e. The number of halogens is 2. The Kier molecular flexibility index (Phi) is 6.99. The molecule has 11 heteroatoms. The third kappa shape index (κ3) is 4.97. The number of urea groups is 1. The molecule has 34 heavy (non-hydrogen) atoms. The van der Waals surface area contributed by atoms with Crippen LogP contribution in [0, 0.1) is 5.82 Å². The van der Waals surface area contributed by atoms with Crippen molar-refractivity contribution in [3.05, 3.63) is 47.4 Å². The molecule has 3 atom stereocenters. The van der Waals surface area contributed by atoms with Crippen LogP contribution >= 0.6 is 11.6 Å². The fourth-order valence-corrected chi connectivity index (χ4v) is 4.38. The number of carbonyl (C=O) groups is 3. The highest BCUT2D eigenvalue weighted by Gasteiger charge is 2.40. The molecule has 0 radical (unpaired) electrons. The number of nitrogens with one attached hydrogen (secondary N) is 2. The average molecular weight is 490 g/mol. The van der Waals surface area contributed by atoms with E-state index in [-0.39, 0.29) is 42.5 Å². The third-order valence-corrected chi connectivity index (χ3v) is 6.32. The van der Waals surface area contributed by atoms with Gasteiger partial charge < -0.3 is 19.9 Å². The molecule has 2 N–H and O–H groups in total. The summed E-state index contributed by atoms with van der Waals surface area (Å²) < 4.78 is 20.2. The number of benzene rings is 1. The fraction of sp³-hybridized carbons (Fsp3) is 0.391. The molecule has 0 spiro atoms. The molecule has 0 saturated carbocycles. The summed E-state index contributed by atoms with van der Waals surface area (Å²) in [5.41, 5.74) is 0.413. The van der Waals surface area contributed by atoms with E-state index < -0.39 is 23.8 Å². The van der Waals surface area contributed by atoms with Crippen molar-refractivity contribution in [3.63, 3.8) is 0 Å². The molecular weight excluding hydrogens is 465 g/mol. The molecule has 2 fully saturated rings. The molecule has 180 valence electrons. The Morgan fingerprint density at radius 2 is 2.03 bits per heavy atom. The second-order valence-electron chi connectivity index (χ2n) is 8.36. The predicted octanol–water partition coefficient (Wildman–Crippen LogP) is 3.65. The molecule has 9 nitrogen and oxygen atoms in total. The molecule has 4 rings (SSSR count). The van der Waals surface area contributed by atoms with Crippen LogP contribution in [0.4, 0.5) is 26.4 Å². The first-order valence-electron chi connectivity index (χ1n) is 10.9. The van der Waals surface area contributed by atoms with Gasteiger partial charge in [-0.05, 0) is 43.7 Å².